The normalized spacial score (nSPS) is 15.3. The standard InChI is InChI=1S/C24H19N3O4S2/c25-11-12-30-18-8-5-17(6-9-18)7-10-24(29)31-16-23(28)27-20(22-4-2-14-33-22)15-19(26-27)21-3-1-13-32-21/h1-10,13-14,20H,12,15-16H2/b10-7+. The van der Waals surface area contributed by atoms with Crippen LogP contribution in [0.25, 0.3) is 6.08 Å². The molecule has 3 heterocycles. The van der Waals surface area contributed by atoms with E-state index in [1.165, 1.54) is 11.1 Å². The molecule has 4 rings (SSSR count). The van der Waals surface area contributed by atoms with Gasteiger partial charge in [-0.2, -0.15) is 10.4 Å². The van der Waals surface area contributed by atoms with Crippen LogP contribution in [0.15, 0.2) is 70.5 Å². The molecule has 0 saturated carbocycles. The quantitative estimate of drug-likeness (QED) is 0.348. The van der Waals surface area contributed by atoms with E-state index < -0.39 is 12.6 Å². The maximum absolute atomic E-state index is 12.9. The van der Waals surface area contributed by atoms with Gasteiger partial charge in [0.2, 0.25) is 0 Å². The Bertz CT molecular complexity index is 1190. The molecule has 1 aliphatic rings. The number of hydrogen-bond acceptors (Lipinski definition) is 8. The van der Waals surface area contributed by atoms with Crippen molar-refractivity contribution in [1.82, 2.24) is 5.01 Å². The number of carbonyl (C=O) groups excluding carboxylic acids is 2. The maximum atomic E-state index is 12.9. The number of amides is 1. The van der Waals surface area contributed by atoms with Crippen LogP contribution in [0.3, 0.4) is 0 Å². The Morgan fingerprint density at radius 3 is 2.64 bits per heavy atom. The van der Waals surface area contributed by atoms with Crippen molar-refractivity contribution in [2.24, 2.45) is 5.10 Å². The Kier molecular flexibility index (Phi) is 7.29. The van der Waals surface area contributed by atoms with Gasteiger partial charge in [-0.25, -0.2) is 9.80 Å². The second kappa shape index (κ2) is 10.7. The summed E-state index contributed by atoms with van der Waals surface area (Å²) in [6, 6.07) is 16.5. The second-order valence-electron chi connectivity index (χ2n) is 6.95. The highest BCUT2D eigenvalue weighted by atomic mass is 32.1. The van der Waals surface area contributed by atoms with E-state index in [9.17, 15) is 9.59 Å². The van der Waals surface area contributed by atoms with Crippen molar-refractivity contribution < 1.29 is 19.1 Å². The number of hydrazone groups is 1. The van der Waals surface area contributed by atoms with Gasteiger partial charge in [0.25, 0.3) is 5.91 Å². The Morgan fingerprint density at radius 1 is 1.15 bits per heavy atom. The first-order valence-corrected chi connectivity index (χ1v) is 11.8. The van der Waals surface area contributed by atoms with Crippen LogP contribution in [-0.4, -0.2) is 35.8 Å². The summed E-state index contributed by atoms with van der Waals surface area (Å²) in [6.07, 6.45) is 3.46. The number of nitrogens with zero attached hydrogens (tertiary/aromatic N) is 3. The minimum atomic E-state index is -0.623. The van der Waals surface area contributed by atoms with Crippen LogP contribution in [0.2, 0.25) is 0 Å². The Balaban J connectivity index is 1.36. The topological polar surface area (TPSA) is 92.0 Å². The van der Waals surface area contributed by atoms with Gasteiger partial charge in [0, 0.05) is 17.4 Å². The molecule has 0 bridgehead atoms. The third kappa shape index (κ3) is 5.74. The van der Waals surface area contributed by atoms with Crippen molar-refractivity contribution in [1.29, 1.82) is 5.26 Å². The van der Waals surface area contributed by atoms with Crippen molar-refractivity contribution in [3.05, 3.63) is 80.7 Å². The molecule has 0 aliphatic carbocycles. The van der Waals surface area contributed by atoms with Crippen molar-refractivity contribution in [2.45, 2.75) is 12.5 Å². The number of benzene rings is 1. The van der Waals surface area contributed by atoms with E-state index in [0.717, 1.165) is 21.0 Å². The lowest BCUT2D eigenvalue weighted by Gasteiger charge is -2.20. The fraction of sp³-hybridized carbons (Fsp3) is 0.167. The Labute approximate surface area is 198 Å². The van der Waals surface area contributed by atoms with Gasteiger partial charge in [-0.3, -0.25) is 4.79 Å². The largest absolute Gasteiger partial charge is 0.479 e. The van der Waals surface area contributed by atoms with Crippen LogP contribution in [0.5, 0.6) is 5.75 Å². The molecule has 1 amide bonds. The zero-order valence-electron chi connectivity index (χ0n) is 17.4. The predicted octanol–water partition coefficient (Wildman–Crippen LogP) is 4.65. The summed E-state index contributed by atoms with van der Waals surface area (Å²) < 4.78 is 10.4. The molecular formula is C24H19N3O4S2. The third-order valence-corrected chi connectivity index (χ3v) is 6.67. The van der Waals surface area contributed by atoms with Gasteiger partial charge in [0.1, 0.15) is 11.8 Å². The summed E-state index contributed by atoms with van der Waals surface area (Å²) in [7, 11) is 0. The number of ether oxygens (including phenoxy) is 2. The van der Waals surface area contributed by atoms with E-state index in [1.807, 2.05) is 41.1 Å². The lowest BCUT2D eigenvalue weighted by molar-refractivity contribution is -0.149. The molecule has 0 spiro atoms. The number of rotatable bonds is 8. The zero-order valence-corrected chi connectivity index (χ0v) is 19.1. The fourth-order valence-electron chi connectivity index (χ4n) is 3.24. The van der Waals surface area contributed by atoms with E-state index in [0.29, 0.717) is 12.2 Å². The molecule has 0 fully saturated rings. The van der Waals surface area contributed by atoms with Gasteiger partial charge in [-0.1, -0.05) is 24.3 Å². The molecule has 0 saturated heterocycles. The van der Waals surface area contributed by atoms with E-state index in [-0.39, 0.29) is 18.6 Å². The molecule has 1 atom stereocenters. The van der Waals surface area contributed by atoms with Gasteiger partial charge >= 0.3 is 5.97 Å². The Morgan fingerprint density at radius 2 is 1.94 bits per heavy atom. The molecular weight excluding hydrogens is 458 g/mol. The lowest BCUT2D eigenvalue weighted by atomic mass is 10.1. The van der Waals surface area contributed by atoms with Gasteiger partial charge in [-0.15, -0.1) is 22.7 Å². The van der Waals surface area contributed by atoms with Crippen molar-refractivity contribution in [2.75, 3.05) is 13.2 Å². The third-order valence-electron chi connectivity index (χ3n) is 4.78. The van der Waals surface area contributed by atoms with Crippen LogP contribution in [0, 0.1) is 11.3 Å². The number of hydrogen-bond donors (Lipinski definition) is 0. The average molecular weight is 478 g/mol. The molecule has 2 aromatic heterocycles. The monoisotopic (exact) mass is 477 g/mol. The summed E-state index contributed by atoms with van der Waals surface area (Å²) in [4.78, 5) is 27.0. The molecule has 1 aromatic carbocycles. The highest BCUT2D eigenvalue weighted by Gasteiger charge is 2.34. The molecule has 3 aromatic rings. The number of nitriles is 1. The smallest absolute Gasteiger partial charge is 0.331 e. The van der Waals surface area contributed by atoms with E-state index in [2.05, 4.69) is 5.10 Å². The van der Waals surface area contributed by atoms with E-state index in [1.54, 1.807) is 53.0 Å². The van der Waals surface area contributed by atoms with Crippen LogP contribution in [-0.2, 0) is 14.3 Å². The Hall–Kier alpha value is -3.74. The summed E-state index contributed by atoms with van der Waals surface area (Å²) in [5, 5.41) is 18.4. The average Bonchev–Trinajstić information content (AvgIpc) is 3.61. The minimum absolute atomic E-state index is 0.0290. The summed E-state index contributed by atoms with van der Waals surface area (Å²) in [6.45, 7) is -0.425. The van der Waals surface area contributed by atoms with Crippen molar-refractivity contribution >= 4 is 46.3 Å². The fourth-order valence-corrected chi connectivity index (χ4v) is 4.77. The summed E-state index contributed by atoms with van der Waals surface area (Å²) in [5.74, 6) is -0.432. The highest BCUT2D eigenvalue weighted by molar-refractivity contribution is 7.12. The molecule has 33 heavy (non-hydrogen) atoms. The molecule has 0 radical (unpaired) electrons. The second-order valence-corrected chi connectivity index (χ2v) is 8.88. The van der Waals surface area contributed by atoms with Crippen LogP contribution in [0.1, 0.15) is 27.8 Å². The SMILES string of the molecule is N#CCOc1ccc(/C=C/C(=O)OCC(=O)N2N=C(c3cccs3)CC2c2cccs2)cc1. The van der Waals surface area contributed by atoms with Gasteiger partial charge in [-0.05, 0) is 46.7 Å². The van der Waals surface area contributed by atoms with E-state index in [4.69, 9.17) is 14.7 Å². The van der Waals surface area contributed by atoms with Crippen LogP contribution in [0.4, 0.5) is 0 Å². The van der Waals surface area contributed by atoms with Crippen LogP contribution >= 0.6 is 22.7 Å². The van der Waals surface area contributed by atoms with Gasteiger partial charge in [0.05, 0.1) is 16.6 Å². The minimum Gasteiger partial charge on any atom is -0.479 e. The number of carbonyl (C=O) groups is 2. The molecule has 7 nitrogen and oxygen atoms in total. The first kappa shape index (κ1) is 22.5. The molecule has 1 unspecified atom stereocenters. The molecule has 166 valence electrons. The zero-order chi connectivity index (χ0) is 23.0. The maximum Gasteiger partial charge on any atom is 0.331 e. The van der Waals surface area contributed by atoms with Crippen molar-refractivity contribution in [3.8, 4) is 11.8 Å². The van der Waals surface area contributed by atoms with E-state index >= 15 is 0 Å². The number of esters is 1. The van der Waals surface area contributed by atoms with Crippen molar-refractivity contribution in [3.63, 3.8) is 0 Å². The molecule has 0 N–H and O–H groups in total. The molecule has 1 aliphatic heterocycles. The lowest BCUT2D eigenvalue weighted by Crippen LogP contribution is -2.30. The first-order valence-electron chi connectivity index (χ1n) is 10.1. The predicted molar refractivity (Wildman–Crippen MR) is 127 cm³/mol. The van der Waals surface area contributed by atoms with Crippen LogP contribution < -0.4 is 4.74 Å². The number of thiophene rings is 2. The summed E-state index contributed by atoms with van der Waals surface area (Å²) in [5.41, 5.74) is 1.61. The van der Waals surface area contributed by atoms with Gasteiger partial charge < -0.3 is 9.47 Å². The summed E-state index contributed by atoms with van der Waals surface area (Å²) >= 11 is 3.15. The van der Waals surface area contributed by atoms with Gasteiger partial charge in [0.15, 0.2) is 13.2 Å². The highest BCUT2D eigenvalue weighted by Crippen LogP contribution is 2.35. The molecule has 9 heteroatoms. The first-order chi connectivity index (χ1) is 16.1.